The Morgan fingerprint density at radius 3 is 2.31 bits per heavy atom. The van der Waals surface area contributed by atoms with Crippen LogP contribution in [0.3, 0.4) is 0 Å². The van der Waals surface area contributed by atoms with Gasteiger partial charge in [-0.2, -0.15) is 5.26 Å². The van der Waals surface area contributed by atoms with Crippen LogP contribution in [0.1, 0.15) is 43.5 Å². The summed E-state index contributed by atoms with van der Waals surface area (Å²) in [6.07, 6.45) is 0. The van der Waals surface area contributed by atoms with Crippen molar-refractivity contribution in [2.45, 2.75) is 44.2 Å². The van der Waals surface area contributed by atoms with E-state index >= 15 is 0 Å². The van der Waals surface area contributed by atoms with Gasteiger partial charge in [-0.15, -0.1) is 0 Å². The Bertz CT molecular complexity index is 1170. The molecule has 0 saturated carbocycles. The quantitative estimate of drug-likeness (QED) is 0.610. The molecule has 0 unspecified atom stereocenters. The number of hydrogen-bond acceptors (Lipinski definition) is 7. The Morgan fingerprint density at radius 2 is 1.78 bits per heavy atom. The number of carbonyl (C=O) groups excluding carboxylic acids is 1. The fourth-order valence-corrected chi connectivity index (χ4v) is 7.00. The molecule has 1 aliphatic rings. The van der Waals surface area contributed by atoms with Gasteiger partial charge >= 0.3 is 0 Å². The van der Waals surface area contributed by atoms with Crippen LogP contribution < -0.4 is 4.72 Å². The van der Waals surface area contributed by atoms with Gasteiger partial charge in [-0.05, 0) is 60.2 Å². The maximum Gasteiger partial charge on any atom is 0.241 e. The summed E-state index contributed by atoms with van der Waals surface area (Å²) < 4.78 is 30.1. The normalized spacial score (nSPS) is 19.6. The van der Waals surface area contributed by atoms with Gasteiger partial charge in [-0.3, -0.25) is 9.79 Å². The summed E-state index contributed by atoms with van der Waals surface area (Å²) in [6, 6.07) is 14.3. The first-order chi connectivity index (χ1) is 15.1. The maximum absolute atomic E-state index is 13.4. The Morgan fingerprint density at radius 1 is 1.16 bits per heavy atom. The highest BCUT2D eigenvalue weighted by molar-refractivity contribution is 8.45. The zero-order valence-corrected chi connectivity index (χ0v) is 20.8. The van der Waals surface area contributed by atoms with E-state index < -0.39 is 21.6 Å². The Balaban J connectivity index is 2.16. The van der Waals surface area contributed by atoms with Gasteiger partial charge in [-0.25, -0.2) is 13.1 Å². The number of rotatable bonds is 7. The molecule has 6 nitrogen and oxygen atoms in total. The van der Waals surface area contributed by atoms with Crippen LogP contribution in [0, 0.1) is 24.2 Å². The monoisotopic (exact) mass is 487 g/mol. The van der Waals surface area contributed by atoms with Gasteiger partial charge in [0.2, 0.25) is 15.1 Å². The van der Waals surface area contributed by atoms with Crippen LogP contribution in [0.5, 0.6) is 0 Å². The fourth-order valence-electron chi connectivity index (χ4n) is 3.55. The summed E-state index contributed by atoms with van der Waals surface area (Å²) >= 11 is 2.54. The van der Waals surface area contributed by atoms with Gasteiger partial charge in [-0.1, -0.05) is 62.4 Å². The lowest BCUT2D eigenvalue weighted by Gasteiger charge is -2.37. The maximum atomic E-state index is 13.4. The fraction of sp³-hybridized carbons (Fsp3) is 0.348. The van der Waals surface area contributed by atoms with Gasteiger partial charge in [0.05, 0.1) is 22.6 Å². The van der Waals surface area contributed by atoms with Crippen molar-refractivity contribution in [2.75, 3.05) is 5.75 Å². The first-order valence-electron chi connectivity index (χ1n) is 10.2. The van der Waals surface area contributed by atoms with Gasteiger partial charge in [0.15, 0.2) is 5.54 Å². The number of nitrogens with one attached hydrogen (secondary N) is 1. The minimum absolute atomic E-state index is 0.117. The molecule has 1 aliphatic heterocycles. The number of aliphatic imine (C=N–C) groups is 1. The molecule has 9 heteroatoms. The van der Waals surface area contributed by atoms with Gasteiger partial charge < -0.3 is 0 Å². The standard InChI is InChI=1S/C23H25N3O3S3/c1-5-30-22-25-23(15(2)3,21(27)31-22)20(18-10-8-17(14-24)9-11-18)26-32(28,29)19-12-6-16(4)7-13-19/h6-13,15,20,26H,5H2,1-4H3/t20-,23+/m1/s1. The number of thioether (sulfide) groups is 2. The van der Waals surface area contributed by atoms with Crippen molar-refractivity contribution in [3.05, 3.63) is 65.2 Å². The lowest BCUT2D eigenvalue weighted by molar-refractivity contribution is -0.117. The number of nitriles is 1. The van der Waals surface area contributed by atoms with Gasteiger partial charge in [0.25, 0.3) is 0 Å². The number of benzene rings is 2. The molecule has 2 atom stereocenters. The topological polar surface area (TPSA) is 99.4 Å². The minimum Gasteiger partial charge on any atom is -0.284 e. The first-order valence-corrected chi connectivity index (χ1v) is 13.5. The molecule has 2 aromatic carbocycles. The van der Waals surface area contributed by atoms with Crippen molar-refractivity contribution >= 4 is 43.0 Å². The van der Waals surface area contributed by atoms with E-state index in [1.165, 1.54) is 11.8 Å². The molecule has 2 aromatic rings. The second-order valence-electron chi connectivity index (χ2n) is 7.78. The number of aryl methyl sites for hydroxylation is 1. The molecule has 1 heterocycles. The summed E-state index contributed by atoms with van der Waals surface area (Å²) in [7, 11) is -3.95. The largest absolute Gasteiger partial charge is 0.284 e. The molecular weight excluding hydrogens is 462 g/mol. The summed E-state index contributed by atoms with van der Waals surface area (Å²) in [5, 5.41) is 8.98. The highest BCUT2D eigenvalue weighted by atomic mass is 32.2. The molecule has 0 aromatic heterocycles. The first kappa shape index (κ1) is 24.5. The lowest BCUT2D eigenvalue weighted by atomic mass is 9.78. The van der Waals surface area contributed by atoms with Crippen LogP contribution in [0.15, 0.2) is 58.4 Å². The van der Waals surface area contributed by atoms with Crippen molar-refractivity contribution in [1.82, 2.24) is 4.72 Å². The van der Waals surface area contributed by atoms with Crippen molar-refractivity contribution < 1.29 is 13.2 Å². The molecule has 0 amide bonds. The van der Waals surface area contributed by atoms with Crippen molar-refractivity contribution in [3.63, 3.8) is 0 Å². The second-order valence-corrected chi connectivity index (χ2v) is 12.0. The molecule has 0 saturated heterocycles. The minimum atomic E-state index is -3.95. The molecule has 0 fully saturated rings. The molecule has 3 rings (SSSR count). The number of sulfonamides is 1. The van der Waals surface area contributed by atoms with E-state index in [9.17, 15) is 13.2 Å². The van der Waals surface area contributed by atoms with E-state index in [2.05, 4.69) is 10.8 Å². The highest BCUT2D eigenvalue weighted by Gasteiger charge is 2.54. The number of nitrogens with zero attached hydrogens (tertiary/aromatic N) is 2. The van der Waals surface area contributed by atoms with Crippen molar-refractivity contribution in [3.8, 4) is 6.07 Å². The zero-order valence-electron chi connectivity index (χ0n) is 18.3. The lowest BCUT2D eigenvalue weighted by Crippen LogP contribution is -2.51. The third kappa shape index (κ3) is 4.79. The molecule has 168 valence electrons. The zero-order chi connectivity index (χ0) is 23.5. The summed E-state index contributed by atoms with van der Waals surface area (Å²) in [5.74, 6) is 0.475. The SMILES string of the molecule is CCSC1=N[C@@](C(C)C)([C@H](NS(=O)(=O)c2ccc(C)cc2)c2ccc(C#N)cc2)C(=O)S1. The predicted octanol–water partition coefficient (Wildman–Crippen LogP) is 4.66. The summed E-state index contributed by atoms with van der Waals surface area (Å²) in [4.78, 5) is 18.3. The van der Waals surface area contributed by atoms with E-state index in [0.717, 1.165) is 23.1 Å². The average molecular weight is 488 g/mol. The molecule has 0 spiro atoms. The van der Waals surface area contributed by atoms with Crippen LogP contribution >= 0.6 is 23.5 Å². The molecule has 0 radical (unpaired) electrons. The predicted molar refractivity (Wildman–Crippen MR) is 131 cm³/mol. The Hall–Kier alpha value is -2.12. The van der Waals surface area contributed by atoms with E-state index in [0.29, 0.717) is 15.5 Å². The second kappa shape index (κ2) is 9.79. The van der Waals surface area contributed by atoms with E-state index in [-0.39, 0.29) is 15.9 Å². The van der Waals surface area contributed by atoms with Gasteiger partial charge in [0, 0.05) is 0 Å². The Labute approximate surface area is 198 Å². The number of carbonyl (C=O) groups is 1. The smallest absolute Gasteiger partial charge is 0.241 e. The third-order valence-electron chi connectivity index (χ3n) is 5.35. The van der Waals surface area contributed by atoms with E-state index in [1.807, 2.05) is 27.7 Å². The van der Waals surface area contributed by atoms with Gasteiger partial charge in [0.1, 0.15) is 4.38 Å². The molecule has 32 heavy (non-hydrogen) atoms. The van der Waals surface area contributed by atoms with Crippen LogP contribution in [-0.4, -0.2) is 29.2 Å². The van der Waals surface area contributed by atoms with Crippen LogP contribution in [0.4, 0.5) is 0 Å². The highest BCUT2D eigenvalue weighted by Crippen LogP contribution is 2.47. The van der Waals surface area contributed by atoms with Crippen LogP contribution in [0.25, 0.3) is 0 Å². The molecule has 1 N–H and O–H groups in total. The average Bonchev–Trinajstić information content (AvgIpc) is 3.09. The number of hydrogen-bond donors (Lipinski definition) is 1. The summed E-state index contributed by atoms with van der Waals surface area (Å²) in [6.45, 7) is 7.61. The molecular formula is C23H25N3O3S3. The van der Waals surface area contributed by atoms with Crippen molar-refractivity contribution in [2.24, 2.45) is 10.9 Å². The molecule has 0 bridgehead atoms. The third-order valence-corrected chi connectivity index (χ3v) is 8.80. The Kier molecular flexibility index (Phi) is 7.50. The van der Waals surface area contributed by atoms with Crippen LogP contribution in [0.2, 0.25) is 0 Å². The van der Waals surface area contributed by atoms with Crippen molar-refractivity contribution in [1.29, 1.82) is 5.26 Å². The van der Waals surface area contributed by atoms with E-state index in [4.69, 9.17) is 10.3 Å². The molecule has 0 aliphatic carbocycles. The summed E-state index contributed by atoms with van der Waals surface area (Å²) in [5.41, 5.74) is 0.660. The van der Waals surface area contributed by atoms with Crippen LogP contribution in [-0.2, 0) is 14.8 Å². The van der Waals surface area contributed by atoms with E-state index in [1.54, 1.807) is 48.5 Å².